The molecule has 1 aliphatic rings. The van der Waals surface area contributed by atoms with E-state index in [1.165, 1.54) is 30.6 Å². The quantitative estimate of drug-likeness (QED) is 0.206. The maximum Gasteiger partial charge on any atom is 0.246 e. The van der Waals surface area contributed by atoms with Gasteiger partial charge in [-0.05, 0) is 42.6 Å². The van der Waals surface area contributed by atoms with Gasteiger partial charge in [-0.1, -0.05) is 12.6 Å². The number of amides is 1. The maximum atomic E-state index is 15.8. The molecule has 216 valence electrons. The Labute approximate surface area is 249 Å². The molecule has 0 aliphatic carbocycles. The SMILES string of the molecule is C=CC(=O)N1CCn2nc(-c3nc(-c4ccc5c(cnn5C)c4)c4ccsc4c3-c3c(F)cc(F)cc3OC)cc2[C@H]1C. The molecule has 11 heteroatoms. The number of pyridine rings is 1. The highest BCUT2D eigenvalue weighted by atomic mass is 32.1. The average Bonchev–Trinajstić information content (AvgIpc) is 3.75. The zero-order chi connectivity index (χ0) is 30.0. The first-order chi connectivity index (χ1) is 20.8. The topological polar surface area (TPSA) is 78.1 Å². The van der Waals surface area contributed by atoms with Gasteiger partial charge in [0.2, 0.25) is 5.91 Å². The number of halogens is 2. The van der Waals surface area contributed by atoms with Crippen LogP contribution in [0.2, 0.25) is 0 Å². The summed E-state index contributed by atoms with van der Waals surface area (Å²) in [6.45, 7) is 6.53. The average molecular weight is 597 g/mol. The van der Waals surface area contributed by atoms with Gasteiger partial charge >= 0.3 is 0 Å². The predicted molar refractivity (Wildman–Crippen MR) is 163 cm³/mol. The van der Waals surface area contributed by atoms with Gasteiger partial charge < -0.3 is 9.64 Å². The summed E-state index contributed by atoms with van der Waals surface area (Å²) >= 11 is 1.44. The normalized spacial score (nSPS) is 14.8. The highest BCUT2D eigenvalue weighted by molar-refractivity contribution is 7.18. The van der Waals surface area contributed by atoms with Crippen molar-refractivity contribution < 1.29 is 18.3 Å². The number of hydrogen-bond donors (Lipinski definition) is 0. The van der Waals surface area contributed by atoms with E-state index in [1.54, 1.807) is 11.1 Å². The minimum absolute atomic E-state index is 0.0554. The number of nitrogens with zero attached hydrogens (tertiary/aromatic N) is 6. The number of fused-ring (bicyclic) bond motifs is 3. The Morgan fingerprint density at radius 2 is 1.95 bits per heavy atom. The van der Waals surface area contributed by atoms with Crippen molar-refractivity contribution >= 4 is 38.2 Å². The molecule has 5 heterocycles. The van der Waals surface area contributed by atoms with Crippen LogP contribution in [0, 0.1) is 11.6 Å². The largest absolute Gasteiger partial charge is 0.496 e. The zero-order valence-electron chi connectivity index (χ0n) is 23.6. The fourth-order valence-corrected chi connectivity index (χ4v) is 6.91. The van der Waals surface area contributed by atoms with Gasteiger partial charge in [-0.25, -0.2) is 13.8 Å². The molecule has 0 spiro atoms. The monoisotopic (exact) mass is 596 g/mol. The Bertz CT molecular complexity index is 2090. The van der Waals surface area contributed by atoms with E-state index >= 15 is 4.39 Å². The summed E-state index contributed by atoms with van der Waals surface area (Å²) in [7, 11) is 3.27. The van der Waals surface area contributed by atoms with Gasteiger partial charge in [-0.15, -0.1) is 11.3 Å². The second-order valence-corrected chi connectivity index (χ2v) is 11.4. The summed E-state index contributed by atoms with van der Waals surface area (Å²) in [4.78, 5) is 19.4. The standard InChI is InChI=1S/C32H26F2N6O2S/c1-5-27(41)39-9-10-40-25(17(39)2)15-23(37-40)31-29(28-22(34)13-20(33)14-26(28)42-4)32-21(8-11-43-32)30(36-31)18-6-7-24-19(12-18)16-35-38(24)3/h5-8,11-17H,1,9-10H2,2-4H3/t17-/m1/s1. The molecule has 0 fully saturated rings. The Hall–Kier alpha value is -4.90. The van der Waals surface area contributed by atoms with Gasteiger partial charge in [0.25, 0.3) is 0 Å². The van der Waals surface area contributed by atoms with Crippen LogP contribution < -0.4 is 4.74 Å². The van der Waals surface area contributed by atoms with Crippen molar-refractivity contribution in [3.63, 3.8) is 0 Å². The third-order valence-corrected chi connectivity index (χ3v) is 9.01. The van der Waals surface area contributed by atoms with E-state index in [2.05, 4.69) is 11.7 Å². The lowest BCUT2D eigenvalue weighted by atomic mass is 9.96. The number of thiophene rings is 1. The van der Waals surface area contributed by atoms with Gasteiger partial charge in [0.1, 0.15) is 28.8 Å². The number of aryl methyl sites for hydroxylation is 1. The van der Waals surface area contributed by atoms with Crippen LogP contribution in [0.5, 0.6) is 5.75 Å². The van der Waals surface area contributed by atoms with E-state index in [0.717, 1.165) is 38.3 Å². The van der Waals surface area contributed by atoms with Crippen molar-refractivity contribution in [2.75, 3.05) is 13.7 Å². The molecule has 0 N–H and O–H groups in total. The molecule has 1 atom stereocenters. The minimum Gasteiger partial charge on any atom is -0.496 e. The van der Waals surface area contributed by atoms with E-state index in [-0.39, 0.29) is 23.3 Å². The van der Waals surface area contributed by atoms with Crippen molar-refractivity contribution in [1.29, 1.82) is 0 Å². The number of methoxy groups -OCH3 is 1. The Morgan fingerprint density at radius 1 is 1.12 bits per heavy atom. The first-order valence-corrected chi connectivity index (χ1v) is 14.5. The summed E-state index contributed by atoms with van der Waals surface area (Å²) in [5.41, 5.74) is 4.87. The molecule has 0 saturated carbocycles. The lowest BCUT2D eigenvalue weighted by molar-refractivity contribution is -0.129. The van der Waals surface area contributed by atoms with Crippen LogP contribution in [0.4, 0.5) is 8.78 Å². The summed E-state index contributed by atoms with van der Waals surface area (Å²) in [5, 5.41) is 13.0. The van der Waals surface area contributed by atoms with Crippen LogP contribution in [0.1, 0.15) is 18.7 Å². The van der Waals surface area contributed by atoms with Crippen LogP contribution >= 0.6 is 11.3 Å². The van der Waals surface area contributed by atoms with Crippen LogP contribution in [0.15, 0.2) is 66.7 Å². The van der Waals surface area contributed by atoms with Gasteiger partial charge in [-0.3, -0.25) is 14.2 Å². The predicted octanol–water partition coefficient (Wildman–Crippen LogP) is 6.76. The molecule has 0 saturated heterocycles. The number of ether oxygens (including phenoxy) is 1. The first kappa shape index (κ1) is 27.0. The van der Waals surface area contributed by atoms with E-state index in [1.807, 2.05) is 59.0 Å². The van der Waals surface area contributed by atoms with Crippen molar-refractivity contribution in [3.8, 4) is 39.5 Å². The third-order valence-electron chi connectivity index (χ3n) is 8.08. The van der Waals surface area contributed by atoms with Gasteiger partial charge in [0.15, 0.2) is 0 Å². The van der Waals surface area contributed by atoms with Gasteiger partial charge in [-0.2, -0.15) is 10.2 Å². The molecule has 1 aliphatic heterocycles. The van der Waals surface area contributed by atoms with Gasteiger partial charge in [0, 0.05) is 52.3 Å². The van der Waals surface area contributed by atoms with Crippen molar-refractivity contribution in [2.45, 2.75) is 19.5 Å². The van der Waals surface area contributed by atoms with Crippen LogP contribution in [-0.4, -0.2) is 49.0 Å². The van der Waals surface area contributed by atoms with Gasteiger partial charge in [0.05, 0.1) is 48.4 Å². The summed E-state index contributed by atoms with van der Waals surface area (Å²) in [6.07, 6.45) is 3.11. The molecule has 4 aromatic heterocycles. The van der Waals surface area contributed by atoms with Crippen LogP contribution in [0.3, 0.4) is 0 Å². The second kappa shape index (κ2) is 10.1. The summed E-state index contributed by atoms with van der Waals surface area (Å²) in [5.74, 6) is -1.61. The summed E-state index contributed by atoms with van der Waals surface area (Å²) < 4.78 is 40.0. The Morgan fingerprint density at radius 3 is 2.74 bits per heavy atom. The van der Waals surface area contributed by atoms with Crippen molar-refractivity contribution in [2.24, 2.45) is 7.05 Å². The molecule has 7 rings (SSSR count). The lowest BCUT2D eigenvalue weighted by Gasteiger charge is -2.33. The molecule has 0 bridgehead atoms. The van der Waals surface area contributed by atoms with E-state index in [0.29, 0.717) is 35.7 Å². The number of carbonyl (C=O) groups excluding carboxylic acids is 1. The lowest BCUT2D eigenvalue weighted by Crippen LogP contribution is -2.40. The third kappa shape index (κ3) is 4.22. The Balaban J connectivity index is 1.52. The van der Waals surface area contributed by atoms with E-state index in [9.17, 15) is 9.18 Å². The van der Waals surface area contributed by atoms with E-state index in [4.69, 9.17) is 14.8 Å². The molecule has 0 radical (unpaired) electrons. The Kier molecular flexibility index (Phi) is 6.35. The molecular formula is C32H26F2N6O2S. The molecule has 0 unspecified atom stereocenters. The fraction of sp³-hybridized carbons (Fsp3) is 0.188. The smallest absolute Gasteiger partial charge is 0.246 e. The highest BCUT2D eigenvalue weighted by Gasteiger charge is 2.31. The number of benzene rings is 2. The number of hydrogen-bond acceptors (Lipinski definition) is 6. The van der Waals surface area contributed by atoms with Crippen LogP contribution in [0.25, 0.3) is 54.8 Å². The first-order valence-electron chi connectivity index (χ1n) is 13.7. The molecule has 1 amide bonds. The fourth-order valence-electron chi connectivity index (χ4n) is 5.96. The molecule has 2 aromatic carbocycles. The number of aromatic nitrogens is 5. The molecule has 6 aromatic rings. The zero-order valence-corrected chi connectivity index (χ0v) is 24.5. The van der Waals surface area contributed by atoms with Crippen molar-refractivity contribution in [1.82, 2.24) is 29.4 Å². The molecule has 43 heavy (non-hydrogen) atoms. The molecule has 8 nitrogen and oxygen atoms in total. The number of carbonyl (C=O) groups is 1. The molecular weight excluding hydrogens is 570 g/mol. The minimum atomic E-state index is -0.765. The maximum absolute atomic E-state index is 15.8. The summed E-state index contributed by atoms with van der Waals surface area (Å²) in [6, 6.07) is 11.6. The number of rotatable bonds is 5. The highest BCUT2D eigenvalue weighted by Crippen LogP contribution is 2.47. The van der Waals surface area contributed by atoms with Crippen molar-refractivity contribution in [3.05, 3.63) is 84.0 Å². The van der Waals surface area contributed by atoms with Crippen LogP contribution in [-0.2, 0) is 18.4 Å². The second-order valence-electron chi connectivity index (χ2n) is 10.4. The van der Waals surface area contributed by atoms with E-state index < -0.39 is 11.6 Å².